The van der Waals surface area contributed by atoms with Crippen molar-refractivity contribution in [3.63, 3.8) is 0 Å². The number of rotatable bonds is 7. The fourth-order valence-corrected chi connectivity index (χ4v) is 1.48. The van der Waals surface area contributed by atoms with Gasteiger partial charge in [0.25, 0.3) is 5.91 Å². The number of carboxylic acids is 1. The second-order valence-electron chi connectivity index (χ2n) is 4.21. The Balaban J connectivity index is 2.68. The molecule has 0 aliphatic rings. The maximum atomic E-state index is 12.0. The molecule has 108 valence electrons. The summed E-state index contributed by atoms with van der Waals surface area (Å²) >= 11 is 0. The van der Waals surface area contributed by atoms with Crippen molar-refractivity contribution in [1.82, 2.24) is 10.3 Å². The Morgan fingerprint density at radius 2 is 2.25 bits per heavy atom. The summed E-state index contributed by atoms with van der Waals surface area (Å²) in [5.41, 5.74) is 0.929. The van der Waals surface area contributed by atoms with E-state index < -0.39 is 5.97 Å². The van der Waals surface area contributed by atoms with Crippen molar-refractivity contribution in [2.24, 2.45) is 0 Å². The molecular weight excluding hydrogens is 260 g/mol. The number of nitrogens with zero attached hydrogens (tertiary/aromatic N) is 1. The van der Waals surface area contributed by atoms with Crippen molar-refractivity contribution in [2.75, 3.05) is 13.2 Å². The topological polar surface area (TPSA) is 88.5 Å². The van der Waals surface area contributed by atoms with Crippen LogP contribution in [0, 0.1) is 0 Å². The van der Waals surface area contributed by atoms with E-state index >= 15 is 0 Å². The molecule has 1 amide bonds. The molecule has 0 aromatic carbocycles. The fourth-order valence-electron chi connectivity index (χ4n) is 1.48. The van der Waals surface area contributed by atoms with E-state index in [1.165, 1.54) is 18.5 Å². The van der Waals surface area contributed by atoms with E-state index in [9.17, 15) is 9.59 Å². The molecule has 1 heterocycles. The van der Waals surface area contributed by atoms with Gasteiger partial charge in [-0.3, -0.25) is 9.78 Å². The van der Waals surface area contributed by atoms with E-state index in [1.54, 1.807) is 6.07 Å². The summed E-state index contributed by atoms with van der Waals surface area (Å²) < 4.78 is 5.21. The smallest absolute Gasteiger partial charge is 0.328 e. The molecular formula is C14H18N2O4. The van der Waals surface area contributed by atoms with Crippen LogP contribution in [0.15, 0.2) is 24.5 Å². The number of ether oxygens (including phenoxy) is 1. The van der Waals surface area contributed by atoms with Crippen LogP contribution in [-0.4, -0.2) is 41.2 Å². The van der Waals surface area contributed by atoms with Crippen molar-refractivity contribution >= 4 is 18.0 Å². The first kappa shape index (κ1) is 15.8. The highest BCUT2D eigenvalue weighted by atomic mass is 16.5. The summed E-state index contributed by atoms with van der Waals surface area (Å²) in [6, 6.07) is 1.47. The number of pyridine rings is 1. The van der Waals surface area contributed by atoms with Crippen LogP contribution in [0.5, 0.6) is 0 Å². The maximum absolute atomic E-state index is 12.0. The SMILES string of the molecule is CCOCC(C)NC(=O)c1cncc(C=CC(=O)O)c1. The van der Waals surface area contributed by atoms with Gasteiger partial charge >= 0.3 is 5.97 Å². The van der Waals surface area contributed by atoms with Crippen molar-refractivity contribution in [1.29, 1.82) is 0 Å². The molecule has 1 atom stereocenters. The average Bonchev–Trinajstić information content (AvgIpc) is 2.43. The molecule has 0 bridgehead atoms. The predicted molar refractivity (Wildman–Crippen MR) is 74.3 cm³/mol. The molecule has 0 fully saturated rings. The highest BCUT2D eigenvalue weighted by Crippen LogP contribution is 2.05. The van der Waals surface area contributed by atoms with Crippen molar-refractivity contribution < 1.29 is 19.4 Å². The number of hydrogen-bond donors (Lipinski definition) is 2. The number of aromatic nitrogens is 1. The number of hydrogen-bond acceptors (Lipinski definition) is 4. The number of carbonyl (C=O) groups excluding carboxylic acids is 1. The number of aliphatic carboxylic acids is 1. The third-order valence-electron chi connectivity index (χ3n) is 2.39. The van der Waals surface area contributed by atoms with Gasteiger partial charge in [0.05, 0.1) is 12.2 Å². The molecule has 1 aromatic heterocycles. The van der Waals surface area contributed by atoms with Crippen LogP contribution in [0.2, 0.25) is 0 Å². The molecule has 0 spiro atoms. The third kappa shape index (κ3) is 5.62. The lowest BCUT2D eigenvalue weighted by molar-refractivity contribution is -0.131. The first-order chi connectivity index (χ1) is 9.52. The van der Waals surface area contributed by atoms with E-state index in [2.05, 4.69) is 10.3 Å². The largest absolute Gasteiger partial charge is 0.478 e. The fraction of sp³-hybridized carbons (Fsp3) is 0.357. The molecule has 1 rings (SSSR count). The molecule has 2 N–H and O–H groups in total. The van der Waals surface area contributed by atoms with Gasteiger partial charge in [-0.05, 0) is 31.6 Å². The van der Waals surface area contributed by atoms with Gasteiger partial charge in [-0.15, -0.1) is 0 Å². The van der Waals surface area contributed by atoms with E-state index in [0.29, 0.717) is 24.3 Å². The molecule has 6 nitrogen and oxygen atoms in total. The van der Waals surface area contributed by atoms with Gasteiger partial charge in [0, 0.05) is 31.1 Å². The van der Waals surface area contributed by atoms with Crippen LogP contribution >= 0.6 is 0 Å². The van der Waals surface area contributed by atoms with E-state index in [1.807, 2.05) is 13.8 Å². The zero-order valence-electron chi connectivity index (χ0n) is 11.5. The molecule has 1 unspecified atom stereocenters. The molecule has 6 heteroatoms. The Labute approximate surface area is 117 Å². The van der Waals surface area contributed by atoms with Gasteiger partial charge in [0.1, 0.15) is 0 Å². The van der Waals surface area contributed by atoms with E-state index in [-0.39, 0.29) is 11.9 Å². The maximum Gasteiger partial charge on any atom is 0.328 e. The van der Waals surface area contributed by atoms with Crippen LogP contribution in [0.1, 0.15) is 29.8 Å². The third-order valence-corrected chi connectivity index (χ3v) is 2.39. The van der Waals surface area contributed by atoms with Crippen LogP contribution in [0.25, 0.3) is 6.08 Å². The molecule has 0 aliphatic carbocycles. The highest BCUT2D eigenvalue weighted by molar-refractivity contribution is 5.95. The van der Waals surface area contributed by atoms with Crippen molar-refractivity contribution in [3.8, 4) is 0 Å². The summed E-state index contributed by atoms with van der Waals surface area (Å²) in [7, 11) is 0. The minimum absolute atomic E-state index is 0.110. The quantitative estimate of drug-likeness (QED) is 0.735. The molecule has 1 aromatic rings. The molecule has 0 aliphatic heterocycles. The summed E-state index contributed by atoms with van der Waals surface area (Å²) in [6.07, 6.45) is 5.30. The van der Waals surface area contributed by atoms with Gasteiger partial charge in [-0.25, -0.2) is 4.79 Å². The molecule has 20 heavy (non-hydrogen) atoms. The minimum Gasteiger partial charge on any atom is -0.478 e. The van der Waals surface area contributed by atoms with Gasteiger partial charge in [-0.2, -0.15) is 0 Å². The number of nitrogens with one attached hydrogen (secondary N) is 1. The summed E-state index contributed by atoms with van der Waals surface area (Å²) in [6.45, 7) is 4.76. The molecule has 0 saturated carbocycles. The monoisotopic (exact) mass is 278 g/mol. The van der Waals surface area contributed by atoms with Crippen LogP contribution < -0.4 is 5.32 Å². The normalized spacial score (nSPS) is 12.3. The number of carboxylic acid groups (broad SMARTS) is 1. The summed E-state index contributed by atoms with van der Waals surface area (Å²) in [4.78, 5) is 26.3. The zero-order valence-corrected chi connectivity index (χ0v) is 11.5. The Bertz CT molecular complexity index is 500. The number of carbonyl (C=O) groups is 2. The molecule has 0 saturated heterocycles. The first-order valence-corrected chi connectivity index (χ1v) is 6.27. The zero-order chi connectivity index (χ0) is 15.0. The highest BCUT2D eigenvalue weighted by Gasteiger charge is 2.10. The lowest BCUT2D eigenvalue weighted by Crippen LogP contribution is -2.36. The first-order valence-electron chi connectivity index (χ1n) is 6.27. The predicted octanol–water partition coefficient (Wildman–Crippen LogP) is 1.33. The van der Waals surface area contributed by atoms with Crippen LogP contribution in [-0.2, 0) is 9.53 Å². The Morgan fingerprint density at radius 3 is 2.90 bits per heavy atom. The van der Waals surface area contributed by atoms with E-state index in [0.717, 1.165) is 6.08 Å². The van der Waals surface area contributed by atoms with Gasteiger partial charge in [-0.1, -0.05) is 0 Å². The van der Waals surface area contributed by atoms with Gasteiger partial charge < -0.3 is 15.2 Å². The summed E-state index contributed by atoms with van der Waals surface area (Å²) in [5.74, 6) is -1.32. The summed E-state index contributed by atoms with van der Waals surface area (Å²) in [5, 5.41) is 11.3. The Kier molecular flexibility index (Phi) is 6.39. The molecule has 0 radical (unpaired) electrons. The lowest BCUT2D eigenvalue weighted by Gasteiger charge is -2.13. The number of amides is 1. The van der Waals surface area contributed by atoms with Crippen molar-refractivity contribution in [3.05, 3.63) is 35.7 Å². The van der Waals surface area contributed by atoms with Gasteiger partial charge in [0.15, 0.2) is 0 Å². The average molecular weight is 278 g/mol. The second-order valence-corrected chi connectivity index (χ2v) is 4.21. The Morgan fingerprint density at radius 1 is 1.50 bits per heavy atom. The lowest BCUT2D eigenvalue weighted by atomic mass is 10.1. The second kappa shape index (κ2) is 8.06. The van der Waals surface area contributed by atoms with E-state index in [4.69, 9.17) is 9.84 Å². The van der Waals surface area contributed by atoms with Gasteiger partial charge in [0.2, 0.25) is 0 Å². The van der Waals surface area contributed by atoms with Crippen molar-refractivity contribution in [2.45, 2.75) is 19.9 Å². The van der Waals surface area contributed by atoms with Crippen LogP contribution in [0.4, 0.5) is 0 Å². The standard InChI is InChI=1S/C14H18N2O4/c1-3-20-9-10(2)16-14(19)12-6-11(7-15-8-12)4-5-13(17)18/h4-8,10H,3,9H2,1-2H3,(H,16,19)(H,17,18). The van der Waals surface area contributed by atoms with Crippen LogP contribution in [0.3, 0.4) is 0 Å². The Hall–Kier alpha value is -2.21. The minimum atomic E-state index is -1.05.